The van der Waals surface area contributed by atoms with Gasteiger partial charge in [-0.25, -0.2) is 9.59 Å². The summed E-state index contributed by atoms with van der Waals surface area (Å²) in [6, 6.07) is 0. The van der Waals surface area contributed by atoms with E-state index in [1.54, 1.807) is 25.0 Å². The van der Waals surface area contributed by atoms with Crippen LogP contribution in [-0.2, 0) is 14.3 Å². The van der Waals surface area contributed by atoms with Gasteiger partial charge in [0.05, 0.1) is 19.3 Å². The molecule has 0 radical (unpaired) electrons. The number of methoxy groups -OCH3 is 1. The number of ether oxygens (including phenoxy) is 1. The maximum Gasteiger partial charge on any atom is 0.330 e. The minimum absolute atomic E-state index is 0.214. The van der Waals surface area contributed by atoms with E-state index in [-0.39, 0.29) is 18.3 Å². The van der Waals surface area contributed by atoms with Crippen LogP contribution in [0.15, 0.2) is 29.9 Å². The van der Waals surface area contributed by atoms with Gasteiger partial charge in [-0.3, -0.25) is 0 Å². The minimum Gasteiger partial charge on any atom is -0.466 e. The van der Waals surface area contributed by atoms with Crippen molar-refractivity contribution in [2.24, 2.45) is 11.8 Å². The standard InChI is InChI=1S/C15H20O5/c1-10(8-15(19)20-2)5-6-12-11(4-3-7-16)13(17)9-14(12)18/h3,5-6,8,11-14,17-18H,4,9H2,1-2H3. The lowest BCUT2D eigenvalue weighted by Gasteiger charge is -2.18. The Morgan fingerprint density at radius 1 is 1.40 bits per heavy atom. The van der Waals surface area contributed by atoms with Gasteiger partial charge in [-0.15, -0.1) is 0 Å². The number of carbonyl (C=O) groups excluding carboxylic acids is 2. The molecular formula is C15H20O5. The Kier molecular flexibility index (Phi) is 6.39. The number of hydrogen-bond donors (Lipinski definition) is 2. The molecule has 1 saturated carbocycles. The zero-order valence-corrected chi connectivity index (χ0v) is 11.7. The van der Waals surface area contributed by atoms with E-state index >= 15 is 0 Å². The molecule has 1 aliphatic rings. The summed E-state index contributed by atoms with van der Waals surface area (Å²) in [6.45, 7) is 1.74. The van der Waals surface area contributed by atoms with Gasteiger partial charge in [0.2, 0.25) is 0 Å². The van der Waals surface area contributed by atoms with Gasteiger partial charge in [-0.05, 0) is 24.8 Å². The molecule has 0 spiro atoms. The van der Waals surface area contributed by atoms with E-state index in [1.807, 2.05) is 0 Å². The smallest absolute Gasteiger partial charge is 0.330 e. The van der Waals surface area contributed by atoms with Crippen molar-refractivity contribution in [3.63, 3.8) is 0 Å². The fourth-order valence-corrected chi connectivity index (χ4v) is 2.45. The van der Waals surface area contributed by atoms with Crippen molar-refractivity contribution in [1.29, 1.82) is 0 Å². The highest BCUT2D eigenvalue weighted by molar-refractivity contribution is 5.83. The van der Waals surface area contributed by atoms with Gasteiger partial charge in [0, 0.05) is 24.5 Å². The van der Waals surface area contributed by atoms with Crippen molar-refractivity contribution < 1.29 is 24.5 Å². The Balaban J connectivity index is 2.78. The van der Waals surface area contributed by atoms with E-state index in [4.69, 9.17) is 0 Å². The molecule has 1 aliphatic carbocycles. The summed E-state index contributed by atoms with van der Waals surface area (Å²) in [4.78, 5) is 21.3. The fraction of sp³-hybridized carbons (Fsp3) is 0.533. The third-order valence-corrected chi connectivity index (χ3v) is 3.52. The predicted octanol–water partition coefficient (Wildman–Crippen LogP) is 0.798. The Morgan fingerprint density at radius 2 is 2.10 bits per heavy atom. The van der Waals surface area contributed by atoms with Crippen LogP contribution < -0.4 is 0 Å². The molecule has 0 aliphatic heterocycles. The van der Waals surface area contributed by atoms with Crippen LogP contribution in [-0.4, -0.2) is 41.4 Å². The van der Waals surface area contributed by atoms with E-state index in [2.05, 4.69) is 4.74 Å². The second kappa shape index (κ2) is 7.80. The lowest BCUT2D eigenvalue weighted by molar-refractivity contribution is -0.134. The number of esters is 1. The van der Waals surface area contributed by atoms with Gasteiger partial charge in [-0.1, -0.05) is 12.2 Å². The first-order valence-corrected chi connectivity index (χ1v) is 6.49. The lowest BCUT2D eigenvalue weighted by Crippen LogP contribution is -2.19. The van der Waals surface area contributed by atoms with Crippen molar-refractivity contribution in [3.8, 4) is 0 Å². The van der Waals surface area contributed by atoms with Crippen molar-refractivity contribution in [2.45, 2.75) is 32.0 Å². The summed E-state index contributed by atoms with van der Waals surface area (Å²) in [5, 5.41) is 19.8. The Hall–Kier alpha value is -1.68. The molecule has 1 fully saturated rings. The molecule has 4 unspecified atom stereocenters. The molecule has 0 saturated heterocycles. The average molecular weight is 280 g/mol. The molecule has 2 N–H and O–H groups in total. The van der Waals surface area contributed by atoms with E-state index < -0.39 is 18.2 Å². The van der Waals surface area contributed by atoms with Crippen molar-refractivity contribution in [1.82, 2.24) is 0 Å². The zero-order valence-electron chi connectivity index (χ0n) is 11.7. The molecule has 5 heteroatoms. The molecule has 0 heterocycles. The van der Waals surface area contributed by atoms with Gasteiger partial charge in [0.25, 0.3) is 0 Å². The van der Waals surface area contributed by atoms with E-state index in [0.29, 0.717) is 12.0 Å². The summed E-state index contributed by atoms with van der Waals surface area (Å²) in [6.07, 6.45) is 5.49. The van der Waals surface area contributed by atoms with E-state index in [1.165, 1.54) is 19.3 Å². The first-order chi connectivity index (χ1) is 9.49. The van der Waals surface area contributed by atoms with Crippen LogP contribution in [0.25, 0.3) is 0 Å². The van der Waals surface area contributed by atoms with Crippen LogP contribution in [0.2, 0.25) is 0 Å². The topological polar surface area (TPSA) is 83.8 Å². The molecule has 20 heavy (non-hydrogen) atoms. The van der Waals surface area contributed by atoms with Crippen LogP contribution in [0.1, 0.15) is 19.8 Å². The van der Waals surface area contributed by atoms with Gasteiger partial charge in [0.15, 0.2) is 0 Å². The Labute approximate surface area is 118 Å². The first-order valence-electron chi connectivity index (χ1n) is 6.49. The van der Waals surface area contributed by atoms with Crippen LogP contribution in [0.4, 0.5) is 0 Å². The molecule has 0 amide bonds. The van der Waals surface area contributed by atoms with Crippen molar-refractivity contribution in [3.05, 3.63) is 29.9 Å². The van der Waals surface area contributed by atoms with Gasteiger partial charge in [0.1, 0.15) is 5.94 Å². The summed E-state index contributed by atoms with van der Waals surface area (Å²) in [5.74, 6) is 0.772. The summed E-state index contributed by atoms with van der Waals surface area (Å²) in [5.41, 5.74) is 0.690. The number of rotatable bonds is 5. The number of aliphatic hydroxyl groups excluding tert-OH is 2. The normalized spacial score (nSPS) is 30.3. The highest BCUT2D eigenvalue weighted by atomic mass is 16.5. The fourth-order valence-electron chi connectivity index (χ4n) is 2.45. The monoisotopic (exact) mass is 280 g/mol. The van der Waals surface area contributed by atoms with Crippen LogP contribution in [0, 0.1) is 11.8 Å². The molecule has 0 aromatic carbocycles. The minimum atomic E-state index is -0.655. The second-order valence-corrected chi connectivity index (χ2v) is 4.94. The van der Waals surface area contributed by atoms with Crippen LogP contribution in [0.3, 0.4) is 0 Å². The highest BCUT2D eigenvalue weighted by Gasteiger charge is 2.39. The molecule has 0 aromatic rings. The quantitative estimate of drug-likeness (QED) is 0.337. The highest BCUT2D eigenvalue weighted by Crippen LogP contribution is 2.36. The lowest BCUT2D eigenvalue weighted by atomic mass is 9.90. The molecule has 5 nitrogen and oxygen atoms in total. The van der Waals surface area contributed by atoms with Crippen LogP contribution >= 0.6 is 0 Å². The average Bonchev–Trinajstić information content (AvgIpc) is 2.67. The van der Waals surface area contributed by atoms with Crippen LogP contribution in [0.5, 0.6) is 0 Å². The summed E-state index contributed by atoms with van der Waals surface area (Å²) < 4.78 is 4.52. The van der Waals surface area contributed by atoms with Gasteiger partial charge >= 0.3 is 5.97 Å². The van der Waals surface area contributed by atoms with Crippen molar-refractivity contribution >= 4 is 11.9 Å². The number of hydrogen-bond acceptors (Lipinski definition) is 5. The third kappa shape index (κ3) is 4.46. The molecule has 110 valence electrons. The largest absolute Gasteiger partial charge is 0.466 e. The van der Waals surface area contributed by atoms with E-state index in [0.717, 1.165) is 0 Å². The number of carbonyl (C=O) groups is 1. The molecule has 1 rings (SSSR count). The maximum atomic E-state index is 11.1. The molecule has 0 bridgehead atoms. The third-order valence-electron chi connectivity index (χ3n) is 3.52. The van der Waals surface area contributed by atoms with Gasteiger partial charge in [-0.2, -0.15) is 0 Å². The maximum absolute atomic E-state index is 11.1. The molecular weight excluding hydrogens is 260 g/mol. The second-order valence-electron chi connectivity index (χ2n) is 4.94. The van der Waals surface area contributed by atoms with E-state index in [9.17, 15) is 19.8 Å². The SMILES string of the molecule is COC(=O)C=C(C)C=CC1C(O)CC(O)C1CC=C=O. The number of allylic oxidation sites excluding steroid dienone is 3. The number of aliphatic hydroxyl groups is 2. The molecule has 0 aromatic heterocycles. The van der Waals surface area contributed by atoms with Crippen molar-refractivity contribution in [2.75, 3.05) is 7.11 Å². The zero-order chi connectivity index (χ0) is 15.1. The Bertz CT molecular complexity index is 445. The summed E-state index contributed by atoms with van der Waals surface area (Å²) >= 11 is 0. The first kappa shape index (κ1) is 16.4. The molecule has 4 atom stereocenters. The summed E-state index contributed by atoms with van der Waals surface area (Å²) in [7, 11) is 1.30. The predicted molar refractivity (Wildman–Crippen MR) is 73.4 cm³/mol. The Morgan fingerprint density at radius 3 is 2.70 bits per heavy atom. The van der Waals surface area contributed by atoms with Gasteiger partial charge < -0.3 is 14.9 Å².